The van der Waals surface area contributed by atoms with E-state index in [1.165, 1.54) is 12.8 Å². The van der Waals surface area contributed by atoms with Gasteiger partial charge in [0, 0.05) is 32.0 Å². The average Bonchev–Trinajstić information content (AvgIpc) is 2.91. The lowest BCUT2D eigenvalue weighted by Gasteiger charge is -2.34. The molecule has 0 N–H and O–H groups in total. The van der Waals surface area contributed by atoms with Crippen LogP contribution in [0.1, 0.15) is 41.6 Å². The highest BCUT2D eigenvalue weighted by molar-refractivity contribution is 6.00. The fourth-order valence-corrected chi connectivity index (χ4v) is 3.77. The summed E-state index contributed by atoms with van der Waals surface area (Å²) >= 11 is 0. The van der Waals surface area contributed by atoms with Gasteiger partial charge < -0.3 is 14.5 Å². The van der Waals surface area contributed by atoms with Gasteiger partial charge >= 0.3 is 0 Å². The van der Waals surface area contributed by atoms with E-state index < -0.39 is 6.10 Å². The molecule has 0 saturated carbocycles. The molecule has 0 radical (unpaired) electrons. The van der Waals surface area contributed by atoms with E-state index in [9.17, 15) is 9.59 Å². The first-order valence-corrected chi connectivity index (χ1v) is 9.63. The van der Waals surface area contributed by atoms with Crippen molar-refractivity contribution in [1.29, 1.82) is 0 Å². The Balaban J connectivity index is 1.48. The second kappa shape index (κ2) is 7.64. The van der Waals surface area contributed by atoms with Crippen LogP contribution in [0.2, 0.25) is 0 Å². The molecule has 8 heteroatoms. The zero-order valence-corrected chi connectivity index (χ0v) is 15.6. The molecule has 2 aliphatic heterocycles. The predicted molar refractivity (Wildman–Crippen MR) is 98.4 cm³/mol. The number of hydrogen-bond donors (Lipinski definition) is 0. The second-order valence-corrected chi connectivity index (χ2v) is 7.31. The molecule has 0 aliphatic carbocycles. The maximum Gasteiger partial charge on any atom is 0.259 e. The third-order valence-corrected chi connectivity index (χ3v) is 5.26. The maximum atomic E-state index is 13.0. The molecule has 0 spiro atoms. The van der Waals surface area contributed by atoms with Crippen LogP contribution in [-0.4, -0.2) is 75.1 Å². The Morgan fingerprint density at radius 2 is 1.85 bits per heavy atom. The molecule has 2 amide bonds. The number of fused-ring (bicyclic) bond motifs is 1. The van der Waals surface area contributed by atoms with Crippen LogP contribution in [0.25, 0.3) is 5.65 Å². The van der Waals surface area contributed by atoms with E-state index in [1.807, 2.05) is 18.0 Å². The van der Waals surface area contributed by atoms with E-state index in [0.717, 1.165) is 31.5 Å². The molecule has 8 nitrogen and oxygen atoms in total. The molecule has 4 rings (SSSR count). The Kier molecular flexibility index (Phi) is 5.07. The molecule has 4 heterocycles. The van der Waals surface area contributed by atoms with E-state index in [0.29, 0.717) is 24.4 Å². The largest absolute Gasteiger partial charge is 0.365 e. The van der Waals surface area contributed by atoms with Crippen LogP contribution < -0.4 is 0 Å². The molecule has 144 valence electrons. The number of nitrogens with zero attached hydrogens (tertiary/aromatic N) is 5. The van der Waals surface area contributed by atoms with Gasteiger partial charge in [-0.05, 0) is 25.3 Å². The molecule has 1 atom stereocenters. The first-order chi connectivity index (χ1) is 13.1. The van der Waals surface area contributed by atoms with Crippen molar-refractivity contribution in [2.75, 3.05) is 32.8 Å². The van der Waals surface area contributed by atoms with E-state index in [2.05, 4.69) is 10.1 Å². The lowest BCUT2D eigenvalue weighted by Crippen LogP contribution is -2.52. The molecule has 2 aromatic heterocycles. The smallest absolute Gasteiger partial charge is 0.259 e. The van der Waals surface area contributed by atoms with E-state index in [4.69, 9.17) is 4.74 Å². The van der Waals surface area contributed by atoms with Gasteiger partial charge in [-0.3, -0.25) is 9.59 Å². The number of hydrogen-bond acceptors (Lipinski definition) is 5. The van der Waals surface area contributed by atoms with Crippen molar-refractivity contribution >= 4 is 17.5 Å². The number of aromatic nitrogens is 3. The summed E-state index contributed by atoms with van der Waals surface area (Å²) in [4.78, 5) is 33.8. The zero-order chi connectivity index (χ0) is 18.8. The van der Waals surface area contributed by atoms with Crippen molar-refractivity contribution in [3.63, 3.8) is 0 Å². The molecule has 0 bridgehead atoms. The van der Waals surface area contributed by atoms with Crippen LogP contribution in [0.3, 0.4) is 0 Å². The molecule has 0 aromatic carbocycles. The molecular weight excluding hydrogens is 346 g/mol. The molecular formula is C19H25N5O3. The molecule has 2 fully saturated rings. The van der Waals surface area contributed by atoms with Crippen molar-refractivity contribution in [2.24, 2.45) is 0 Å². The van der Waals surface area contributed by atoms with Gasteiger partial charge in [0.05, 0.1) is 19.3 Å². The third kappa shape index (κ3) is 3.66. The highest BCUT2D eigenvalue weighted by Crippen LogP contribution is 2.17. The van der Waals surface area contributed by atoms with Crippen LogP contribution in [-0.2, 0) is 9.53 Å². The SMILES string of the molecule is Cc1cnc2c(C(=O)N3CCOC(C(=O)N4CCCCCC4)C3)cnn2c1. The first kappa shape index (κ1) is 17.9. The summed E-state index contributed by atoms with van der Waals surface area (Å²) in [6.45, 7) is 4.59. The van der Waals surface area contributed by atoms with E-state index in [-0.39, 0.29) is 18.4 Å². The summed E-state index contributed by atoms with van der Waals surface area (Å²) in [5.41, 5.74) is 1.96. The van der Waals surface area contributed by atoms with Gasteiger partial charge in [-0.1, -0.05) is 12.8 Å². The Labute approximate surface area is 158 Å². The van der Waals surface area contributed by atoms with E-state index in [1.54, 1.807) is 21.8 Å². The first-order valence-electron chi connectivity index (χ1n) is 9.63. The van der Waals surface area contributed by atoms with Crippen LogP contribution in [0.15, 0.2) is 18.6 Å². The second-order valence-electron chi connectivity index (χ2n) is 7.31. The monoisotopic (exact) mass is 371 g/mol. The number of morpholine rings is 1. The topological polar surface area (TPSA) is 80.0 Å². The number of carbonyl (C=O) groups is 2. The summed E-state index contributed by atoms with van der Waals surface area (Å²) in [5.74, 6) is -0.152. The number of likely N-dealkylation sites (tertiary alicyclic amines) is 1. The van der Waals surface area contributed by atoms with Crippen molar-refractivity contribution in [3.05, 3.63) is 29.7 Å². The molecule has 2 aliphatic rings. The van der Waals surface area contributed by atoms with Gasteiger partial charge in [0.1, 0.15) is 5.56 Å². The highest BCUT2D eigenvalue weighted by Gasteiger charge is 2.33. The van der Waals surface area contributed by atoms with Gasteiger partial charge in [-0.25, -0.2) is 9.50 Å². The fraction of sp³-hybridized carbons (Fsp3) is 0.579. The quantitative estimate of drug-likeness (QED) is 0.795. The number of carbonyl (C=O) groups excluding carboxylic acids is 2. The lowest BCUT2D eigenvalue weighted by atomic mass is 10.2. The van der Waals surface area contributed by atoms with Crippen LogP contribution in [0.4, 0.5) is 0 Å². The van der Waals surface area contributed by atoms with Crippen LogP contribution >= 0.6 is 0 Å². The van der Waals surface area contributed by atoms with Gasteiger partial charge in [0.2, 0.25) is 0 Å². The van der Waals surface area contributed by atoms with Crippen molar-refractivity contribution in [3.8, 4) is 0 Å². The predicted octanol–water partition coefficient (Wildman–Crippen LogP) is 1.28. The van der Waals surface area contributed by atoms with E-state index >= 15 is 0 Å². The average molecular weight is 371 g/mol. The maximum absolute atomic E-state index is 13.0. The molecule has 27 heavy (non-hydrogen) atoms. The number of ether oxygens (including phenoxy) is 1. The van der Waals surface area contributed by atoms with Gasteiger partial charge in [-0.2, -0.15) is 5.10 Å². The Hall–Kier alpha value is -2.48. The van der Waals surface area contributed by atoms with Gasteiger partial charge in [0.15, 0.2) is 11.8 Å². The summed E-state index contributed by atoms with van der Waals surface area (Å²) in [7, 11) is 0. The van der Waals surface area contributed by atoms with Gasteiger partial charge in [-0.15, -0.1) is 0 Å². The van der Waals surface area contributed by atoms with Crippen LogP contribution in [0.5, 0.6) is 0 Å². The number of amides is 2. The number of aryl methyl sites for hydroxylation is 1. The minimum absolute atomic E-state index is 0.00279. The third-order valence-electron chi connectivity index (χ3n) is 5.26. The normalized spacial score (nSPS) is 21.3. The standard InChI is InChI=1S/C19H25N5O3/c1-14-10-20-17-15(11-21-24(17)12-14)18(25)23-8-9-27-16(13-23)19(26)22-6-4-2-3-5-7-22/h10-12,16H,2-9,13H2,1H3. The highest BCUT2D eigenvalue weighted by atomic mass is 16.5. The van der Waals surface area contributed by atoms with Crippen molar-refractivity contribution < 1.29 is 14.3 Å². The lowest BCUT2D eigenvalue weighted by molar-refractivity contribution is -0.148. The number of rotatable bonds is 2. The summed E-state index contributed by atoms with van der Waals surface area (Å²) in [6.07, 6.45) is 8.93. The minimum Gasteiger partial charge on any atom is -0.365 e. The van der Waals surface area contributed by atoms with Crippen LogP contribution in [0, 0.1) is 6.92 Å². The molecule has 1 unspecified atom stereocenters. The Morgan fingerprint density at radius 1 is 1.07 bits per heavy atom. The summed E-state index contributed by atoms with van der Waals surface area (Å²) in [5, 5.41) is 4.23. The Bertz CT molecular complexity index is 841. The van der Waals surface area contributed by atoms with Crippen molar-refractivity contribution in [2.45, 2.75) is 38.7 Å². The fourth-order valence-electron chi connectivity index (χ4n) is 3.77. The summed E-state index contributed by atoms with van der Waals surface area (Å²) < 4.78 is 7.33. The molecule has 2 aromatic rings. The Morgan fingerprint density at radius 3 is 2.63 bits per heavy atom. The minimum atomic E-state index is -0.585. The van der Waals surface area contributed by atoms with Gasteiger partial charge in [0.25, 0.3) is 11.8 Å². The molecule has 2 saturated heterocycles. The van der Waals surface area contributed by atoms with Crippen molar-refractivity contribution in [1.82, 2.24) is 24.4 Å². The summed E-state index contributed by atoms with van der Waals surface area (Å²) in [6, 6.07) is 0. The zero-order valence-electron chi connectivity index (χ0n) is 15.6.